The molecule has 0 aliphatic heterocycles. The van der Waals surface area contributed by atoms with Crippen molar-refractivity contribution >= 4 is 39.1 Å². The summed E-state index contributed by atoms with van der Waals surface area (Å²) in [6.45, 7) is 7.16. The number of aryl methyl sites for hydroxylation is 3. The number of fused-ring (bicyclic) bond motifs is 3. The highest BCUT2D eigenvalue weighted by atomic mass is 35.5. The standard InChI is InChI=1S/C32H32ClN7O2/c1-6-39-31-26(16-35-40(31)17-21-7-9-23(42-5)10-8-21)29-24(13-19(2)14-25(29)32(39)41)20(3)36-27-11-12-28(33)37-30(27)22-15-34-38(4)18-22/h7-16,18,20,36H,6,17H2,1-5H3. The lowest BCUT2D eigenvalue weighted by atomic mass is 9.95. The Morgan fingerprint density at radius 1 is 1.05 bits per heavy atom. The van der Waals surface area contributed by atoms with E-state index in [1.165, 1.54) is 0 Å². The third-order valence-electron chi connectivity index (χ3n) is 7.61. The minimum Gasteiger partial charge on any atom is -0.497 e. The smallest absolute Gasteiger partial charge is 0.260 e. The molecule has 42 heavy (non-hydrogen) atoms. The van der Waals surface area contributed by atoms with Gasteiger partial charge in [0.2, 0.25) is 0 Å². The number of halogens is 1. The summed E-state index contributed by atoms with van der Waals surface area (Å²) in [5.74, 6) is 0.796. The summed E-state index contributed by atoms with van der Waals surface area (Å²) in [7, 11) is 3.52. The molecule has 0 fully saturated rings. The van der Waals surface area contributed by atoms with Gasteiger partial charge in [-0.05, 0) is 67.8 Å². The van der Waals surface area contributed by atoms with E-state index in [9.17, 15) is 4.79 Å². The maximum atomic E-state index is 14.0. The molecule has 0 aliphatic rings. The number of hydrogen-bond acceptors (Lipinski definition) is 6. The third-order valence-corrected chi connectivity index (χ3v) is 7.82. The molecule has 4 aromatic heterocycles. The van der Waals surface area contributed by atoms with Gasteiger partial charge in [0.05, 0.1) is 37.4 Å². The third kappa shape index (κ3) is 4.90. The van der Waals surface area contributed by atoms with Crippen LogP contribution in [0.2, 0.25) is 5.15 Å². The number of nitrogens with one attached hydrogen (secondary N) is 1. The van der Waals surface area contributed by atoms with Gasteiger partial charge >= 0.3 is 0 Å². The van der Waals surface area contributed by atoms with Crippen molar-refractivity contribution in [3.05, 3.63) is 99.3 Å². The molecule has 214 valence electrons. The van der Waals surface area contributed by atoms with Gasteiger partial charge < -0.3 is 10.1 Å². The Balaban J connectivity index is 1.49. The molecule has 6 rings (SSSR count). The first kappa shape index (κ1) is 27.5. The highest BCUT2D eigenvalue weighted by Crippen LogP contribution is 2.35. The topological polar surface area (TPSA) is 91.8 Å². The van der Waals surface area contributed by atoms with Crippen molar-refractivity contribution in [3.63, 3.8) is 0 Å². The highest BCUT2D eigenvalue weighted by molar-refractivity contribution is 6.29. The van der Waals surface area contributed by atoms with Crippen molar-refractivity contribution in [1.82, 2.24) is 29.1 Å². The van der Waals surface area contributed by atoms with E-state index in [0.717, 1.165) is 50.1 Å². The minimum atomic E-state index is -0.171. The Morgan fingerprint density at radius 3 is 2.52 bits per heavy atom. The molecule has 1 unspecified atom stereocenters. The molecule has 1 N–H and O–H groups in total. The molecule has 0 bridgehead atoms. The van der Waals surface area contributed by atoms with Crippen molar-refractivity contribution in [3.8, 4) is 17.0 Å². The lowest BCUT2D eigenvalue weighted by Gasteiger charge is -2.21. The van der Waals surface area contributed by atoms with E-state index in [2.05, 4.69) is 28.4 Å². The number of rotatable bonds is 8. The Bertz CT molecular complexity index is 1990. The van der Waals surface area contributed by atoms with Crippen LogP contribution in [0.25, 0.3) is 33.1 Å². The van der Waals surface area contributed by atoms with Crippen LogP contribution in [0, 0.1) is 6.92 Å². The van der Waals surface area contributed by atoms with Gasteiger partial charge in [0.15, 0.2) is 0 Å². The maximum Gasteiger partial charge on any atom is 0.260 e. The number of methoxy groups -OCH3 is 1. The largest absolute Gasteiger partial charge is 0.497 e. The molecule has 0 aliphatic carbocycles. The molecule has 0 radical (unpaired) electrons. The second-order valence-electron chi connectivity index (χ2n) is 10.5. The maximum absolute atomic E-state index is 14.0. The number of aromatic nitrogens is 6. The van der Waals surface area contributed by atoms with Crippen molar-refractivity contribution in [1.29, 1.82) is 0 Å². The summed E-state index contributed by atoms with van der Waals surface area (Å²) >= 11 is 6.29. The van der Waals surface area contributed by atoms with Crippen molar-refractivity contribution in [2.75, 3.05) is 12.4 Å². The van der Waals surface area contributed by atoms with E-state index in [1.807, 2.05) is 78.9 Å². The number of pyridine rings is 2. The molecule has 10 heteroatoms. The van der Waals surface area contributed by atoms with Gasteiger partial charge in [0.1, 0.15) is 16.5 Å². The molecule has 0 amide bonds. The highest BCUT2D eigenvalue weighted by Gasteiger charge is 2.22. The molecular formula is C32H32ClN7O2. The Kier molecular flexibility index (Phi) is 7.20. The fourth-order valence-corrected chi connectivity index (χ4v) is 5.79. The molecular weight excluding hydrogens is 550 g/mol. The molecule has 2 aromatic carbocycles. The first-order valence-corrected chi connectivity index (χ1v) is 14.2. The predicted octanol–water partition coefficient (Wildman–Crippen LogP) is 6.36. The molecule has 0 saturated heterocycles. The first-order chi connectivity index (χ1) is 20.3. The van der Waals surface area contributed by atoms with Crippen LogP contribution in [0.15, 0.2) is 71.9 Å². The lowest BCUT2D eigenvalue weighted by Crippen LogP contribution is -2.23. The lowest BCUT2D eigenvalue weighted by molar-refractivity contribution is 0.414. The SMILES string of the molecule is CCn1c(=O)c2cc(C)cc(C(C)Nc3ccc(Cl)nc3-c3cnn(C)c3)c2c2cnn(Cc3ccc(OC)cc3)c21. The fraction of sp³-hybridized carbons (Fsp3) is 0.250. The van der Waals surface area contributed by atoms with Crippen LogP contribution in [0.1, 0.15) is 36.6 Å². The zero-order chi connectivity index (χ0) is 29.5. The van der Waals surface area contributed by atoms with E-state index < -0.39 is 0 Å². The minimum absolute atomic E-state index is 0.0298. The van der Waals surface area contributed by atoms with Crippen LogP contribution in [-0.2, 0) is 20.1 Å². The number of nitrogens with zero attached hydrogens (tertiary/aromatic N) is 6. The van der Waals surface area contributed by atoms with Gasteiger partial charge in [-0.1, -0.05) is 29.8 Å². The molecule has 9 nitrogen and oxygen atoms in total. The van der Waals surface area contributed by atoms with E-state index in [0.29, 0.717) is 29.3 Å². The average molecular weight is 582 g/mol. The molecule has 0 spiro atoms. The van der Waals surface area contributed by atoms with Crippen LogP contribution < -0.4 is 15.6 Å². The van der Waals surface area contributed by atoms with E-state index in [4.69, 9.17) is 21.4 Å². The quantitative estimate of drug-likeness (QED) is 0.210. The molecule has 0 saturated carbocycles. The van der Waals surface area contributed by atoms with Gasteiger partial charge in [-0.2, -0.15) is 10.2 Å². The summed E-state index contributed by atoms with van der Waals surface area (Å²) in [4.78, 5) is 18.6. The van der Waals surface area contributed by atoms with Gasteiger partial charge in [0, 0.05) is 47.6 Å². The van der Waals surface area contributed by atoms with Gasteiger partial charge in [-0.15, -0.1) is 0 Å². The number of benzene rings is 2. The molecule has 4 heterocycles. The summed E-state index contributed by atoms with van der Waals surface area (Å²) in [6.07, 6.45) is 5.55. The summed E-state index contributed by atoms with van der Waals surface area (Å²) in [5.41, 5.74) is 6.24. The first-order valence-electron chi connectivity index (χ1n) is 13.8. The Hall–Kier alpha value is -4.63. The second kappa shape index (κ2) is 11.0. The second-order valence-corrected chi connectivity index (χ2v) is 10.9. The van der Waals surface area contributed by atoms with Gasteiger partial charge in [0.25, 0.3) is 5.56 Å². The Morgan fingerprint density at radius 2 is 1.83 bits per heavy atom. The van der Waals surface area contributed by atoms with E-state index in [1.54, 1.807) is 24.1 Å². The van der Waals surface area contributed by atoms with Crippen LogP contribution in [0.4, 0.5) is 5.69 Å². The fourth-order valence-electron chi connectivity index (χ4n) is 5.65. The monoisotopic (exact) mass is 581 g/mol. The van der Waals surface area contributed by atoms with Gasteiger partial charge in [-0.25, -0.2) is 9.67 Å². The van der Waals surface area contributed by atoms with Crippen molar-refractivity contribution in [2.24, 2.45) is 7.05 Å². The van der Waals surface area contributed by atoms with Crippen molar-refractivity contribution in [2.45, 2.75) is 39.9 Å². The van der Waals surface area contributed by atoms with E-state index in [-0.39, 0.29) is 11.6 Å². The zero-order valence-corrected chi connectivity index (χ0v) is 25.0. The normalized spacial score (nSPS) is 12.2. The summed E-state index contributed by atoms with van der Waals surface area (Å²) in [6, 6.07) is 15.5. The van der Waals surface area contributed by atoms with Crippen LogP contribution >= 0.6 is 11.6 Å². The van der Waals surface area contributed by atoms with Crippen LogP contribution in [0.3, 0.4) is 0 Å². The van der Waals surface area contributed by atoms with Crippen LogP contribution in [-0.4, -0.2) is 36.2 Å². The Labute approximate surface area is 248 Å². The van der Waals surface area contributed by atoms with E-state index >= 15 is 0 Å². The molecule has 1 atom stereocenters. The predicted molar refractivity (Wildman–Crippen MR) is 167 cm³/mol. The molecule has 6 aromatic rings. The van der Waals surface area contributed by atoms with Crippen LogP contribution in [0.5, 0.6) is 5.75 Å². The van der Waals surface area contributed by atoms with Crippen molar-refractivity contribution < 1.29 is 4.74 Å². The number of ether oxygens (including phenoxy) is 1. The summed E-state index contributed by atoms with van der Waals surface area (Å²) in [5, 5.41) is 15.6. The number of anilines is 1. The average Bonchev–Trinajstić information content (AvgIpc) is 3.60. The summed E-state index contributed by atoms with van der Waals surface area (Å²) < 4.78 is 10.8. The number of hydrogen-bond donors (Lipinski definition) is 1. The van der Waals surface area contributed by atoms with Gasteiger partial charge in [-0.3, -0.25) is 14.0 Å². The zero-order valence-electron chi connectivity index (χ0n) is 24.2.